The Morgan fingerprint density at radius 1 is 1.05 bits per heavy atom. The molecular weight excluding hydrogens is 541 g/mol. The Morgan fingerprint density at radius 3 is 2.52 bits per heavy atom. The van der Waals surface area contributed by atoms with Gasteiger partial charge in [0.2, 0.25) is 0 Å². The SMILES string of the molecule is COc1cc(/N=c2\ccc3ncc(-c4cnn(C)c4)nc3n2Cc2cnn(S(=O)(=O)N(C)C)c2)c(F)c(OC)c1. The van der Waals surface area contributed by atoms with E-state index >= 15 is 4.39 Å². The average Bonchev–Trinajstić information content (AvgIpc) is 3.60. The third-order valence-corrected chi connectivity index (χ3v) is 7.64. The van der Waals surface area contributed by atoms with Crippen LogP contribution in [0.5, 0.6) is 11.5 Å². The first kappa shape index (κ1) is 27.0. The van der Waals surface area contributed by atoms with E-state index in [2.05, 4.69) is 20.2 Å². The summed E-state index contributed by atoms with van der Waals surface area (Å²) < 4.78 is 56.2. The zero-order valence-electron chi connectivity index (χ0n) is 22.3. The van der Waals surface area contributed by atoms with Crippen LogP contribution in [0.3, 0.4) is 0 Å². The van der Waals surface area contributed by atoms with Gasteiger partial charge in [0.25, 0.3) is 0 Å². The van der Waals surface area contributed by atoms with Gasteiger partial charge in [-0.1, -0.05) is 0 Å². The summed E-state index contributed by atoms with van der Waals surface area (Å²) in [5.74, 6) is -0.340. The largest absolute Gasteiger partial charge is 0.497 e. The molecule has 0 N–H and O–H groups in total. The maximum absolute atomic E-state index is 15.2. The summed E-state index contributed by atoms with van der Waals surface area (Å²) in [4.78, 5) is 14.0. The molecule has 0 saturated carbocycles. The fourth-order valence-electron chi connectivity index (χ4n) is 3.93. The van der Waals surface area contributed by atoms with E-state index in [1.165, 1.54) is 52.8 Å². The van der Waals surface area contributed by atoms with Gasteiger partial charge in [0.1, 0.15) is 22.4 Å². The van der Waals surface area contributed by atoms with Gasteiger partial charge in [-0.05, 0) is 12.1 Å². The minimum atomic E-state index is -3.82. The smallest absolute Gasteiger partial charge is 0.322 e. The van der Waals surface area contributed by atoms with Crippen molar-refractivity contribution >= 4 is 27.1 Å². The number of pyridine rings is 1. The van der Waals surface area contributed by atoms with Crippen LogP contribution in [-0.2, 0) is 23.8 Å². The van der Waals surface area contributed by atoms with Gasteiger partial charge in [-0.3, -0.25) is 9.67 Å². The molecule has 0 bridgehead atoms. The van der Waals surface area contributed by atoms with Crippen molar-refractivity contribution in [1.29, 1.82) is 0 Å². The van der Waals surface area contributed by atoms with Gasteiger partial charge in [0.05, 0.1) is 45.0 Å². The molecule has 0 aliphatic carbocycles. The Hall–Kier alpha value is -4.63. The molecule has 0 atom stereocenters. The molecule has 0 unspecified atom stereocenters. The number of fused-ring (bicyclic) bond motifs is 1. The van der Waals surface area contributed by atoms with Gasteiger partial charge in [-0.15, -0.1) is 0 Å². The molecule has 0 amide bonds. The van der Waals surface area contributed by atoms with Crippen molar-refractivity contribution in [3.63, 3.8) is 0 Å². The second kappa shape index (κ2) is 10.5. The number of halogens is 1. The van der Waals surface area contributed by atoms with Crippen LogP contribution in [0.4, 0.5) is 10.1 Å². The molecule has 4 aromatic heterocycles. The first-order valence-corrected chi connectivity index (χ1v) is 13.3. The van der Waals surface area contributed by atoms with E-state index in [-0.39, 0.29) is 18.0 Å². The van der Waals surface area contributed by atoms with Crippen molar-refractivity contribution in [2.24, 2.45) is 12.0 Å². The molecule has 40 heavy (non-hydrogen) atoms. The summed E-state index contributed by atoms with van der Waals surface area (Å²) in [5.41, 5.74) is 3.13. The van der Waals surface area contributed by atoms with Crippen LogP contribution in [0.25, 0.3) is 22.4 Å². The Kier molecular flexibility index (Phi) is 7.08. The number of rotatable bonds is 8. The number of hydrogen-bond acceptors (Lipinski definition) is 9. The Morgan fingerprint density at radius 2 is 1.85 bits per heavy atom. The van der Waals surface area contributed by atoms with E-state index in [9.17, 15) is 8.42 Å². The predicted molar refractivity (Wildman–Crippen MR) is 144 cm³/mol. The topological polar surface area (TPSA) is 135 Å². The van der Waals surface area contributed by atoms with E-state index in [0.29, 0.717) is 33.7 Å². The number of benzene rings is 1. The third-order valence-electron chi connectivity index (χ3n) is 6.04. The minimum Gasteiger partial charge on any atom is -0.497 e. The highest BCUT2D eigenvalue weighted by Gasteiger charge is 2.19. The molecule has 0 aliphatic rings. The average molecular weight is 568 g/mol. The second-order valence-corrected chi connectivity index (χ2v) is 10.9. The summed E-state index contributed by atoms with van der Waals surface area (Å²) in [6.45, 7) is 0.104. The fourth-order valence-corrected chi connectivity index (χ4v) is 4.70. The number of nitrogens with zero attached hydrogens (tertiary/aromatic N) is 9. The minimum absolute atomic E-state index is 0.0217. The molecule has 4 heterocycles. The molecular formula is C25H26FN9O4S. The van der Waals surface area contributed by atoms with Crippen molar-refractivity contribution in [1.82, 2.24) is 37.8 Å². The fraction of sp³-hybridized carbons (Fsp3) is 0.240. The van der Waals surface area contributed by atoms with Crippen molar-refractivity contribution in [3.8, 4) is 22.8 Å². The molecule has 208 valence electrons. The zero-order chi connectivity index (χ0) is 28.6. The molecule has 5 aromatic rings. The molecule has 0 radical (unpaired) electrons. The van der Waals surface area contributed by atoms with E-state index < -0.39 is 16.0 Å². The van der Waals surface area contributed by atoms with E-state index in [4.69, 9.17) is 14.5 Å². The van der Waals surface area contributed by atoms with Crippen molar-refractivity contribution in [2.75, 3.05) is 28.3 Å². The first-order valence-electron chi connectivity index (χ1n) is 11.9. The van der Waals surface area contributed by atoms with Gasteiger partial charge in [0.15, 0.2) is 17.2 Å². The molecule has 13 nitrogen and oxygen atoms in total. The van der Waals surface area contributed by atoms with Gasteiger partial charge in [-0.25, -0.2) is 14.4 Å². The summed E-state index contributed by atoms with van der Waals surface area (Å²) in [6.07, 6.45) is 7.95. The van der Waals surface area contributed by atoms with Crippen LogP contribution in [0.15, 0.2) is 60.2 Å². The molecule has 0 saturated heterocycles. The van der Waals surface area contributed by atoms with Crippen LogP contribution in [0, 0.1) is 5.82 Å². The zero-order valence-corrected chi connectivity index (χ0v) is 23.2. The maximum atomic E-state index is 15.2. The van der Waals surface area contributed by atoms with Crippen molar-refractivity contribution in [2.45, 2.75) is 6.54 Å². The highest BCUT2D eigenvalue weighted by atomic mass is 32.2. The standard InChI is InChI=1S/C25H26FN9O4S/c1-32(2)40(36,37)35-14-16(10-29-35)13-34-23(30-20-8-18(38-4)9-22(39-5)24(20)26)7-6-19-25(34)31-21(12-27-19)17-11-28-33(3)15-17/h6-12,14-15H,13H2,1-5H3/b30-23+. The predicted octanol–water partition coefficient (Wildman–Crippen LogP) is 2.12. The molecule has 0 aliphatic heterocycles. The highest BCUT2D eigenvalue weighted by molar-refractivity contribution is 7.87. The maximum Gasteiger partial charge on any atom is 0.322 e. The van der Waals surface area contributed by atoms with Crippen LogP contribution < -0.4 is 15.0 Å². The Bertz CT molecular complexity index is 1890. The number of methoxy groups -OCH3 is 2. The Balaban J connectivity index is 1.74. The number of ether oxygens (including phenoxy) is 2. The van der Waals surface area contributed by atoms with Crippen LogP contribution in [0.2, 0.25) is 0 Å². The summed E-state index contributed by atoms with van der Waals surface area (Å²) in [7, 11) is 3.62. The van der Waals surface area contributed by atoms with Gasteiger partial charge in [0, 0.05) is 56.8 Å². The summed E-state index contributed by atoms with van der Waals surface area (Å²) in [6, 6.07) is 6.27. The van der Waals surface area contributed by atoms with Crippen LogP contribution >= 0.6 is 0 Å². The van der Waals surface area contributed by atoms with Crippen LogP contribution in [0.1, 0.15) is 5.56 Å². The van der Waals surface area contributed by atoms with E-state index in [0.717, 1.165) is 14.0 Å². The quantitative estimate of drug-likeness (QED) is 0.278. The van der Waals surface area contributed by atoms with Crippen LogP contribution in [-0.4, -0.2) is 74.5 Å². The lowest BCUT2D eigenvalue weighted by Crippen LogP contribution is -2.29. The third kappa shape index (κ3) is 5.03. The lowest BCUT2D eigenvalue weighted by molar-refractivity contribution is 0.374. The normalized spacial score (nSPS) is 12.4. The molecule has 0 fully saturated rings. The number of hydrogen-bond donors (Lipinski definition) is 0. The lowest BCUT2D eigenvalue weighted by Gasteiger charge is -2.12. The molecule has 1 aromatic carbocycles. The van der Waals surface area contributed by atoms with E-state index in [1.54, 1.807) is 40.8 Å². The monoisotopic (exact) mass is 567 g/mol. The van der Waals surface area contributed by atoms with Crippen molar-refractivity contribution < 1.29 is 22.3 Å². The summed E-state index contributed by atoms with van der Waals surface area (Å²) in [5, 5.41) is 8.23. The number of aryl methyl sites for hydroxylation is 1. The molecule has 0 spiro atoms. The number of aromatic nitrogens is 7. The van der Waals surface area contributed by atoms with Gasteiger partial charge < -0.3 is 14.0 Å². The summed E-state index contributed by atoms with van der Waals surface area (Å²) >= 11 is 0. The van der Waals surface area contributed by atoms with Gasteiger partial charge in [-0.2, -0.15) is 27.0 Å². The highest BCUT2D eigenvalue weighted by Crippen LogP contribution is 2.32. The Labute approximate surface area is 229 Å². The van der Waals surface area contributed by atoms with Crippen molar-refractivity contribution in [3.05, 3.63) is 72.1 Å². The molecule has 15 heteroatoms. The van der Waals surface area contributed by atoms with Gasteiger partial charge >= 0.3 is 10.2 Å². The lowest BCUT2D eigenvalue weighted by atomic mass is 10.2. The second-order valence-electron chi connectivity index (χ2n) is 8.93. The van der Waals surface area contributed by atoms with E-state index in [1.807, 2.05) is 6.20 Å². The first-order chi connectivity index (χ1) is 19.1. The molecule has 5 rings (SSSR count).